The number of carbonyl (C=O) groups is 2. The maximum absolute atomic E-state index is 12.5. The van der Waals surface area contributed by atoms with E-state index in [1.165, 1.54) is 0 Å². The van der Waals surface area contributed by atoms with Crippen molar-refractivity contribution in [2.45, 2.75) is 20.8 Å². The SMILES string of the molecule is Cc1cc(C)cc(N(C)C(=O)N2CC(C)C(C(=O)O)C2)c1. The van der Waals surface area contributed by atoms with Gasteiger partial charge in [0, 0.05) is 25.8 Å². The summed E-state index contributed by atoms with van der Waals surface area (Å²) in [4.78, 5) is 26.9. The first-order chi connectivity index (χ1) is 9.79. The molecule has 1 N–H and O–H groups in total. The lowest BCUT2D eigenvalue weighted by molar-refractivity contribution is -0.142. The van der Waals surface area contributed by atoms with Crippen LogP contribution in [0.2, 0.25) is 0 Å². The molecular formula is C16H22N2O3. The highest BCUT2D eigenvalue weighted by atomic mass is 16.4. The average Bonchev–Trinajstić information content (AvgIpc) is 2.78. The molecule has 114 valence electrons. The van der Waals surface area contributed by atoms with Crippen LogP contribution in [0.4, 0.5) is 10.5 Å². The molecule has 2 unspecified atom stereocenters. The Morgan fingerprint density at radius 2 is 1.76 bits per heavy atom. The summed E-state index contributed by atoms with van der Waals surface area (Å²) in [5, 5.41) is 9.16. The van der Waals surface area contributed by atoms with Crippen LogP contribution in [0.15, 0.2) is 18.2 Å². The van der Waals surface area contributed by atoms with Crippen LogP contribution in [0.3, 0.4) is 0 Å². The zero-order valence-corrected chi connectivity index (χ0v) is 13.0. The molecule has 1 saturated heterocycles. The number of amides is 2. The van der Waals surface area contributed by atoms with Gasteiger partial charge in [0.1, 0.15) is 0 Å². The second-order valence-corrected chi connectivity index (χ2v) is 6.01. The van der Waals surface area contributed by atoms with Crippen molar-refractivity contribution in [3.05, 3.63) is 29.3 Å². The Morgan fingerprint density at radius 3 is 2.24 bits per heavy atom. The number of hydrogen-bond donors (Lipinski definition) is 1. The van der Waals surface area contributed by atoms with Crippen molar-refractivity contribution >= 4 is 17.7 Å². The van der Waals surface area contributed by atoms with E-state index in [2.05, 4.69) is 6.07 Å². The quantitative estimate of drug-likeness (QED) is 0.910. The molecule has 0 bridgehead atoms. The van der Waals surface area contributed by atoms with Crippen LogP contribution in [0.25, 0.3) is 0 Å². The Kier molecular flexibility index (Phi) is 4.21. The third kappa shape index (κ3) is 3.17. The van der Waals surface area contributed by atoms with Crippen LogP contribution in [0.1, 0.15) is 18.1 Å². The molecule has 0 aliphatic carbocycles. The first kappa shape index (κ1) is 15.4. The molecule has 1 aromatic rings. The highest BCUT2D eigenvalue weighted by Gasteiger charge is 2.38. The molecule has 0 aromatic heterocycles. The van der Waals surface area contributed by atoms with Gasteiger partial charge in [-0.3, -0.25) is 9.69 Å². The van der Waals surface area contributed by atoms with E-state index in [9.17, 15) is 9.59 Å². The minimum atomic E-state index is -0.827. The van der Waals surface area contributed by atoms with Gasteiger partial charge in [0.2, 0.25) is 0 Å². The van der Waals surface area contributed by atoms with Gasteiger partial charge in [0.15, 0.2) is 0 Å². The van der Waals surface area contributed by atoms with Gasteiger partial charge in [0.05, 0.1) is 5.92 Å². The number of benzene rings is 1. The number of anilines is 1. The number of urea groups is 1. The molecule has 5 heteroatoms. The van der Waals surface area contributed by atoms with E-state index in [0.717, 1.165) is 16.8 Å². The molecule has 21 heavy (non-hydrogen) atoms. The Balaban J connectivity index is 2.15. The maximum Gasteiger partial charge on any atom is 0.324 e. The molecule has 5 nitrogen and oxygen atoms in total. The van der Waals surface area contributed by atoms with Gasteiger partial charge < -0.3 is 10.0 Å². The van der Waals surface area contributed by atoms with E-state index in [1.807, 2.05) is 32.9 Å². The smallest absolute Gasteiger partial charge is 0.324 e. The van der Waals surface area contributed by atoms with Crippen molar-refractivity contribution in [3.63, 3.8) is 0 Å². The predicted octanol–water partition coefficient (Wildman–Crippen LogP) is 2.51. The first-order valence-electron chi connectivity index (χ1n) is 7.13. The highest BCUT2D eigenvalue weighted by molar-refractivity contribution is 5.92. The Labute approximate surface area is 125 Å². The van der Waals surface area contributed by atoms with E-state index in [4.69, 9.17) is 5.11 Å². The molecule has 2 rings (SSSR count). The van der Waals surface area contributed by atoms with E-state index in [0.29, 0.717) is 6.54 Å². The molecule has 1 aliphatic rings. The lowest BCUT2D eigenvalue weighted by Gasteiger charge is -2.25. The monoisotopic (exact) mass is 290 g/mol. The topological polar surface area (TPSA) is 60.9 Å². The van der Waals surface area contributed by atoms with Gasteiger partial charge in [-0.25, -0.2) is 4.79 Å². The van der Waals surface area contributed by atoms with Gasteiger partial charge in [-0.15, -0.1) is 0 Å². The Bertz CT molecular complexity index is 550. The van der Waals surface area contributed by atoms with Crippen LogP contribution >= 0.6 is 0 Å². The summed E-state index contributed by atoms with van der Waals surface area (Å²) >= 11 is 0. The molecule has 0 radical (unpaired) electrons. The second-order valence-electron chi connectivity index (χ2n) is 6.01. The summed E-state index contributed by atoms with van der Waals surface area (Å²) < 4.78 is 0. The van der Waals surface area contributed by atoms with Crippen molar-refractivity contribution in [2.75, 3.05) is 25.0 Å². The number of hydrogen-bond acceptors (Lipinski definition) is 2. The number of likely N-dealkylation sites (tertiary alicyclic amines) is 1. The molecular weight excluding hydrogens is 268 g/mol. The van der Waals surface area contributed by atoms with Gasteiger partial charge >= 0.3 is 12.0 Å². The van der Waals surface area contributed by atoms with Crippen molar-refractivity contribution in [3.8, 4) is 0 Å². The third-order valence-corrected chi connectivity index (χ3v) is 4.08. The molecule has 1 heterocycles. The fourth-order valence-electron chi connectivity index (χ4n) is 2.91. The summed E-state index contributed by atoms with van der Waals surface area (Å²) in [7, 11) is 1.73. The van der Waals surface area contributed by atoms with E-state index in [-0.39, 0.29) is 18.5 Å². The zero-order valence-electron chi connectivity index (χ0n) is 13.0. The van der Waals surface area contributed by atoms with Gasteiger partial charge in [-0.05, 0) is 43.0 Å². The third-order valence-electron chi connectivity index (χ3n) is 4.08. The number of carbonyl (C=O) groups excluding carboxylic acids is 1. The van der Waals surface area contributed by atoms with Crippen LogP contribution in [-0.4, -0.2) is 42.1 Å². The molecule has 1 fully saturated rings. The lowest BCUT2D eigenvalue weighted by Crippen LogP contribution is -2.40. The summed E-state index contributed by atoms with van der Waals surface area (Å²) in [5.41, 5.74) is 3.04. The van der Waals surface area contributed by atoms with Crippen LogP contribution < -0.4 is 4.90 Å². The highest BCUT2D eigenvalue weighted by Crippen LogP contribution is 2.26. The van der Waals surface area contributed by atoms with Crippen LogP contribution in [-0.2, 0) is 4.79 Å². The zero-order chi connectivity index (χ0) is 15.7. The van der Waals surface area contributed by atoms with Crippen molar-refractivity contribution in [1.82, 2.24) is 4.90 Å². The Morgan fingerprint density at radius 1 is 1.19 bits per heavy atom. The second kappa shape index (κ2) is 5.76. The molecule has 0 spiro atoms. The number of carboxylic acids is 1. The molecule has 0 saturated carbocycles. The summed E-state index contributed by atoms with van der Waals surface area (Å²) in [5.74, 6) is -1.31. The largest absolute Gasteiger partial charge is 0.481 e. The molecule has 1 aliphatic heterocycles. The molecule has 2 amide bonds. The van der Waals surface area contributed by atoms with Crippen LogP contribution in [0.5, 0.6) is 0 Å². The number of carboxylic acid groups (broad SMARTS) is 1. The van der Waals surface area contributed by atoms with E-state index >= 15 is 0 Å². The Hall–Kier alpha value is -2.04. The minimum Gasteiger partial charge on any atom is -0.481 e. The molecule has 1 aromatic carbocycles. The number of aryl methyl sites for hydroxylation is 2. The number of aliphatic carboxylic acids is 1. The fourth-order valence-corrected chi connectivity index (χ4v) is 2.91. The average molecular weight is 290 g/mol. The number of rotatable bonds is 2. The molecule has 2 atom stereocenters. The normalized spacial score (nSPS) is 21.4. The van der Waals surface area contributed by atoms with Gasteiger partial charge in [-0.2, -0.15) is 0 Å². The number of nitrogens with zero attached hydrogens (tertiary/aromatic N) is 2. The van der Waals surface area contributed by atoms with E-state index in [1.54, 1.807) is 16.8 Å². The first-order valence-corrected chi connectivity index (χ1v) is 7.13. The van der Waals surface area contributed by atoms with Gasteiger partial charge in [-0.1, -0.05) is 13.0 Å². The van der Waals surface area contributed by atoms with Crippen LogP contribution in [0, 0.1) is 25.7 Å². The summed E-state index contributed by atoms with van der Waals surface area (Å²) in [6.07, 6.45) is 0. The summed E-state index contributed by atoms with van der Waals surface area (Å²) in [6.45, 7) is 6.64. The standard InChI is InChI=1S/C16H22N2O3/c1-10-5-11(2)7-13(6-10)17(4)16(21)18-8-12(3)14(9-18)15(19)20/h5-7,12,14H,8-9H2,1-4H3,(H,19,20). The predicted molar refractivity (Wildman–Crippen MR) is 81.6 cm³/mol. The van der Waals surface area contributed by atoms with Gasteiger partial charge in [0.25, 0.3) is 0 Å². The fraction of sp³-hybridized carbons (Fsp3) is 0.500. The maximum atomic E-state index is 12.5. The lowest BCUT2D eigenvalue weighted by atomic mass is 9.99. The summed E-state index contributed by atoms with van der Waals surface area (Å²) in [6, 6.07) is 5.83. The van der Waals surface area contributed by atoms with Crippen molar-refractivity contribution < 1.29 is 14.7 Å². The van der Waals surface area contributed by atoms with Crippen molar-refractivity contribution in [2.24, 2.45) is 11.8 Å². The minimum absolute atomic E-state index is 0.0147. The van der Waals surface area contributed by atoms with E-state index < -0.39 is 11.9 Å². The van der Waals surface area contributed by atoms with Crippen molar-refractivity contribution in [1.29, 1.82) is 0 Å².